The van der Waals surface area contributed by atoms with Crippen LogP contribution in [0, 0.1) is 0 Å². The van der Waals surface area contributed by atoms with E-state index in [1.807, 2.05) is 0 Å². The Kier molecular flexibility index (Phi) is 4.25. The van der Waals surface area contributed by atoms with Crippen molar-refractivity contribution in [3.63, 3.8) is 0 Å². The summed E-state index contributed by atoms with van der Waals surface area (Å²) >= 11 is 19.1. The molecule has 0 saturated carbocycles. The van der Waals surface area contributed by atoms with E-state index in [4.69, 9.17) is 34.8 Å². The Hall–Kier alpha value is -1.92. The molecule has 0 spiro atoms. The van der Waals surface area contributed by atoms with Crippen molar-refractivity contribution >= 4 is 57.2 Å². The lowest BCUT2D eigenvalue weighted by Gasteiger charge is -1.97. The number of nitrogens with zero attached hydrogens (tertiary/aromatic N) is 3. The van der Waals surface area contributed by atoms with Gasteiger partial charge in [0.05, 0.1) is 14.6 Å². The lowest BCUT2D eigenvalue weighted by Crippen LogP contribution is -2.23. The molecule has 0 amide bonds. The van der Waals surface area contributed by atoms with Gasteiger partial charge in [0.1, 0.15) is 0 Å². The van der Waals surface area contributed by atoms with E-state index in [9.17, 15) is 4.79 Å². The number of benzene rings is 2. The highest BCUT2D eigenvalue weighted by molar-refractivity contribution is 7.15. The Bertz CT molecular complexity index is 1200. The zero-order valence-electron chi connectivity index (χ0n) is 12.4. The first-order chi connectivity index (χ1) is 12.0. The highest BCUT2D eigenvalue weighted by Gasteiger charge is 2.14. The van der Waals surface area contributed by atoms with Gasteiger partial charge in [-0.1, -0.05) is 52.2 Å². The third-order valence-electron chi connectivity index (χ3n) is 3.59. The van der Waals surface area contributed by atoms with Gasteiger partial charge in [-0.3, -0.25) is 4.79 Å². The maximum atomic E-state index is 12.8. The summed E-state index contributed by atoms with van der Waals surface area (Å²) in [5, 5.41) is 9.74. The summed E-state index contributed by atoms with van der Waals surface area (Å²) in [6, 6.07) is 12.3. The fraction of sp³-hybridized carbons (Fsp3) is 0. The van der Waals surface area contributed by atoms with E-state index < -0.39 is 0 Å². The van der Waals surface area contributed by atoms with E-state index in [2.05, 4.69) is 10.2 Å². The monoisotopic (exact) mass is 407 g/mol. The van der Waals surface area contributed by atoms with Crippen molar-refractivity contribution in [2.24, 2.45) is 0 Å². The van der Waals surface area contributed by atoms with Gasteiger partial charge in [-0.05, 0) is 48.0 Å². The van der Waals surface area contributed by atoms with Gasteiger partial charge < -0.3 is 0 Å². The predicted molar refractivity (Wildman–Crippen MR) is 103 cm³/mol. The molecule has 2 heterocycles. The number of halogens is 3. The van der Waals surface area contributed by atoms with Crippen LogP contribution in [0.15, 0.2) is 47.3 Å². The first-order valence-corrected chi connectivity index (χ1v) is 9.08. The Labute approximate surface area is 160 Å². The molecule has 4 rings (SSSR count). The van der Waals surface area contributed by atoms with E-state index in [0.29, 0.717) is 30.4 Å². The van der Waals surface area contributed by atoms with Crippen molar-refractivity contribution in [3.8, 4) is 11.4 Å². The molecule has 0 saturated heterocycles. The molecule has 2 aromatic heterocycles. The molecule has 124 valence electrons. The Morgan fingerprint density at radius 3 is 2.44 bits per heavy atom. The normalized spacial score (nSPS) is 12.2. The van der Waals surface area contributed by atoms with Gasteiger partial charge in [-0.25, -0.2) is 4.40 Å². The Morgan fingerprint density at radius 1 is 0.960 bits per heavy atom. The second kappa shape index (κ2) is 6.42. The van der Waals surface area contributed by atoms with Crippen LogP contribution in [0.4, 0.5) is 0 Å². The molecule has 4 nitrogen and oxygen atoms in total. The molecule has 0 unspecified atom stereocenters. The molecule has 0 atom stereocenters. The molecule has 8 heteroatoms. The molecule has 0 aliphatic carbocycles. The van der Waals surface area contributed by atoms with Crippen LogP contribution in [0.1, 0.15) is 5.56 Å². The van der Waals surface area contributed by atoms with Crippen LogP contribution in [0.5, 0.6) is 0 Å². The molecule has 25 heavy (non-hydrogen) atoms. The Morgan fingerprint density at radius 2 is 1.72 bits per heavy atom. The van der Waals surface area contributed by atoms with Gasteiger partial charge in [0.15, 0.2) is 5.82 Å². The van der Waals surface area contributed by atoms with Gasteiger partial charge in [0.2, 0.25) is 4.96 Å². The minimum Gasteiger partial charge on any atom is -0.267 e. The molecule has 0 N–H and O–H groups in total. The van der Waals surface area contributed by atoms with E-state index in [1.165, 1.54) is 15.7 Å². The molecule has 0 fully saturated rings. The number of aromatic nitrogens is 3. The smallest absolute Gasteiger partial charge is 0.267 e. The van der Waals surface area contributed by atoms with Crippen molar-refractivity contribution in [1.29, 1.82) is 0 Å². The molecule has 2 aromatic carbocycles. The van der Waals surface area contributed by atoms with Gasteiger partial charge in [0, 0.05) is 10.6 Å². The minimum absolute atomic E-state index is 0.180. The largest absolute Gasteiger partial charge is 0.276 e. The summed E-state index contributed by atoms with van der Waals surface area (Å²) in [6.45, 7) is 0. The molecule has 0 aliphatic rings. The van der Waals surface area contributed by atoms with Gasteiger partial charge in [-0.15, -0.1) is 10.2 Å². The average Bonchev–Trinajstić information content (AvgIpc) is 3.13. The SMILES string of the molecule is O=c1/c(=C/c2ccc(Cl)c(Cl)c2)sc2nnc(-c3ccc(Cl)cc3)n12. The predicted octanol–water partition coefficient (Wildman–Crippen LogP) is 4.33. The van der Waals surface area contributed by atoms with Crippen LogP contribution in [0.2, 0.25) is 15.1 Å². The molecular formula is C17H8Cl3N3OS. The van der Waals surface area contributed by atoms with Crippen molar-refractivity contribution in [2.45, 2.75) is 0 Å². The van der Waals surface area contributed by atoms with Crippen molar-refractivity contribution < 1.29 is 0 Å². The molecule has 0 aliphatic heterocycles. The summed E-state index contributed by atoms with van der Waals surface area (Å²) in [4.78, 5) is 13.3. The maximum Gasteiger partial charge on any atom is 0.276 e. The lowest BCUT2D eigenvalue weighted by molar-refractivity contribution is 1.09. The van der Waals surface area contributed by atoms with Crippen LogP contribution < -0.4 is 10.1 Å². The van der Waals surface area contributed by atoms with E-state index in [-0.39, 0.29) is 5.56 Å². The third kappa shape index (κ3) is 3.04. The number of thiazole rings is 1. The van der Waals surface area contributed by atoms with Crippen LogP contribution in [-0.4, -0.2) is 14.6 Å². The van der Waals surface area contributed by atoms with Crippen LogP contribution in [0.3, 0.4) is 0 Å². The first-order valence-electron chi connectivity index (χ1n) is 7.13. The fourth-order valence-electron chi connectivity index (χ4n) is 2.40. The summed E-state index contributed by atoms with van der Waals surface area (Å²) < 4.78 is 2.04. The van der Waals surface area contributed by atoms with Gasteiger partial charge >= 0.3 is 0 Å². The molecule has 0 bridgehead atoms. The zero-order valence-corrected chi connectivity index (χ0v) is 15.5. The maximum absolute atomic E-state index is 12.8. The summed E-state index contributed by atoms with van der Waals surface area (Å²) in [7, 11) is 0. The van der Waals surface area contributed by atoms with Crippen molar-refractivity contribution in [1.82, 2.24) is 14.6 Å². The summed E-state index contributed by atoms with van der Waals surface area (Å²) in [6.07, 6.45) is 1.76. The van der Waals surface area contributed by atoms with Crippen molar-refractivity contribution in [3.05, 3.63) is 78.0 Å². The van der Waals surface area contributed by atoms with Gasteiger partial charge in [0.25, 0.3) is 5.56 Å². The highest BCUT2D eigenvalue weighted by Crippen LogP contribution is 2.23. The van der Waals surface area contributed by atoms with Crippen molar-refractivity contribution in [2.75, 3.05) is 0 Å². The first kappa shape index (κ1) is 16.5. The Balaban J connectivity index is 1.89. The number of hydrogen-bond donors (Lipinski definition) is 0. The van der Waals surface area contributed by atoms with E-state index in [1.54, 1.807) is 48.5 Å². The van der Waals surface area contributed by atoms with E-state index >= 15 is 0 Å². The van der Waals surface area contributed by atoms with Crippen LogP contribution in [0.25, 0.3) is 22.4 Å². The highest BCUT2D eigenvalue weighted by atomic mass is 35.5. The molecule has 0 radical (unpaired) electrons. The van der Waals surface area contributed by atoms with E-state index in [0.717, 1.165) is 11.1 Å². The number of fused-ring (bicyclic) bond motifs is 1. The van der Waals surface area contributed by atoms with Crippen LogP contribution >= 0.6 is 46.1 Å². The summed E-state index contributed by atoms with van der Waals surface area (Å²) in [5.41, 5.74) is 1.38. The number of hydrogen-bond acceptors (Lipinski definition) is 4. The standard InChI is InChI=1S/C17H8Cl3N3OS/c18-11-4-2-10(3-5-11)15-21-22-17-23(15)16(24)14(25-17)8-9-1-6-12(19)13(20)7-9/h1-8H/b14-8-. The fourth-order valence-corrected chi connectivity index (χ4v) is 3.75. The zero-order chi connectivity index (χ0) is 17.6. The van der Waals surface area contributed by atoms with Gasteiger partial charge in [-0.2, -0.15) is 0 Å². The topological polar surface area (TPSA) is 47.3 Å². The average molecular weight is 409 g/mol. The lowest BCUT2D eigenvalue weighted by atomic mass is 10.2. The molecular weight excluding hydrogens is 401 g/mol. The second-order valence-electron chi connectivity index (χ2n) is 5.24. The minimum atomic E-state index is -0.180. The van der Waals surface area contributed by atoms with Crippen LogP contribution in [-0.2, 0) is 0 Å². The molecule has 4 aromatic rings. The second-order valence-corrected chi connectivity index (χ2v) is 7.50. The quantitative estimate of drug-likeness (QED) is 0.496. The summed E-state index contributed by atoms with van der Waals surface area (Å²) in [5.74, 6) is 0.488. The third-order valence-corrected chi connectivity index (χ3v) is 5.54. The number of rotatable bonds is 2.